The summed E-state index contributed by atoms with van der Waals surface area (Å²) in [5.41, 5.74) is 3.41. The van der Waals surface area contributed by atoms with E-state index in [2.05, 4.69) is 43.0 Å². The lowest BCUT2D eigenvalue weighted by atomic mass is 10.0. The Labute approximate surface area is 130 Å². The van der Waals surface area contributed by atoms with Crippen LogP contribution < -0.4 is 4.90 Å². The van der Waals surface area contributed by atoms with Crippen molar-refractivity contribution in [3.63, 3.8) is 0 Å². The minimum Gasteiger partial charge on any atom is -0.378 e. The monoisotopic (exact) mass is 304 g/mol. The van der Waals surface area contributed by atoms with Crippen LogP contribution >= 0.6 is 11.6 Å². The molecule has 0 saturated carbocycles. The molecule has 0 bridgehead atoms. The number of hydrogen-bond donors (Lipinski definition) is 0. The van der Waals surface area contributed by atoms with Crippen LogP contribution in [0.1, 0.15) is 29.8 Å². The van der Waals surface area contributed by atoms with Gasteiger partial charge in [-0.1, -0.05) is 25.1 Å². The first-order valence-electron chi connectivity index (χ1n) is 7.57. The van der Waals surface area contributed by atoms with Crippen LogP contribution in [0.5, 0.6) is 0 Å². The van der Waals surface area contributed by atoms with Crippen molar-refractivity contribution in [1.82, 2.24) is 4.98 Å². The van der Waals surface area contributed by atoms with Gasteiger partial charge in [0.15, 0.2) is 0 Å². The Morgan fingerprint density at radius 1 is 1.33 bits per heavy atom. The molecule has 3 nitrogen and oxygen atoms in total. The van der Waals surface area contributed by atoms with Gasteiger partial charge in [0.2, 0.25) is 0 Å². The molecule has 1 fully saturated rings. The second-order valence-electron chi connectivity index (χ2n) is 5.52. The molecule has 1 unspecified atom stereocenters. The number of hydrogen-bond acceptors (Lipinski definition) is 3. The Balaban J connectivity index is 2.15. The molecule has 1 aromatic carbocycles. The number of benzene rings is 1. The second-order valence-corrected chi connectivity index (χ2v) is 6.05. The maximum atomic E-state index is 6.56. The number of morpholine rings is 1. The number of pyridine rings is 1. The van der Waals surface area contributed by atoms with Crippen LogP contribution in [0.2, 0.25) is 0 Å². The van der Waals surface area contributed by atoms with Crippen LogP contribution in [0.4, 0.5) is 5.82 Å². The van der Waals surface area contributed by atoms with Crippen LogP contribution in [0.25, 0.3) is 10.9 Å². The van der Waals surface area contributed by atoms with Gasteiger partial charge in [0.05, 0.1) is 24.1 Å². The van der Waals surface area contributed by atoms with Gasteiger partial charge in [-0.3, -0.25) is 0 Å². The van der Waals surface area contributed by atoms with E-state index < -0.39 is 0 Å². The highest BCUT2D eigenvalue weighted by Gasteiger charge is 2.21. The molecule has 21 heavy (non-hydrogen) atoms. The molecular weight excluding hydrogens is 284 g/mol. The number of fused-ring (bicyclic) bond motifs is 1. The topological polar surface area (TPSA) is 25.4 Å². The van der Waals surface area contributed by atoms with Crippen LogP contribution in [-0.2, 0) is 4.74 Å². The summed E-state index contributed by atoms with van der Waals surface area (Å²) in [5, 5.41) is 1.17. The number of halogens is 1. The largest absolute Gasteiger partial charge is 0.378 e. The number of rotatable bonds is 3. The Bertz CT molecular complexity index is 638. The lowest BCUT2D eigenvalue weighted by Gasteiger charge is -2.30. The van der Waals surface area contributed by atoms with Crippen molar-refractivity contribution < 1.29 is 4.74 Å². The van der Waals surface area contributed by atoms with Crippen LogP contribution in [0.15, 0.2) is 24.3 Å². The van der Waals surface area contributed by atoms with Crippen LogP contribution in [0.3, 0.4) is 0 Å². The molecule has 3 rings (SSSR count). The number of para-hydroxylation sites is 1. The van der Waals surface area contributed by atoms with E-state index >= 15 is 0 Å². The van der Waals surface area contributed by atoms with Crippen molar-refractivity contribution >= 4 is 28.3 Å². The van der Waals surface area contributed by atoms with Gasteiger partial charge in [0.1, 0.15) is 5.82 Å². The molecule has 0 aliphatic carbocycles. The molecule has 1 aliphatic rings. The summed E-state index contributed by atoms with van der Waals surface area (Å²) in [6.45, 7) is 7.49. The molecule has 0 amide bonds. The molecule has 112 valence electrons. The molecule has 0 spiro atoms. The number of nitrogens with zero attached hydrogens (tertiary/aromatic N) is 2. The van der Waals surface area contributed by atoms with Crippen molar-refractivity contribution in [1.29, 1.82) is 0 Å². The van der Waals surface area contributed by atoms with Crippen molar-refractivity contribution in [3.8, 4) is 0 Å². The highest BCUT2D eigenvalue weighted by molar-refractivity contribution is 6.21. The molecule has 2 heterocycles. The van der Waals surface area contributed by atoms with E-state index in [1.165, 1.54) is 10.9 Å². The zero-order valence-corrected chi connectivity index (χ0v) is 13.4. The van der Waals surface area contributed by atoms with Gasteiger partial charge in [-0.15, -0.1) is 11.6 Å². The maximum Gasteiger partial charge on any atom is 0.134 e. The van der Waals surface area contributed by atoms with E-state index in [1.807, 2.05) is 0 Å². The molecule has 1 aromatic heterocycles. The van der Waals surface area contributed by atoms with Gasteiger partial charge in [0.25, 0.3) is 0 Å². The Kier molecular flexibility index (Phi) is 4.32. The first-order valence-corrected chi connectivity index (χ1v) is 8.01. The molecule has 1 aliphatic heterocycles. The molecule has 0 radical (unpaired) electrons. The van der Waals surface area contributed by atoms with Crippen LogP contribution in [-0.4, -0.2) is 31.3 Å². The lowest BCUT2D eigenvalue weighted by molar-refractivity contribution is 0.122. The maximum absolute atomic E-state index is 6.56. The number of ether oxygens (including phenoxy) is 1. The number of alkyl halides is 1. The van der Waals surface area contributed by atoms with Crippen LogP contribution in [0, 0.1) is 6.92 Å². The Hall–Kier alpha value is -1.32. The minimum atomic E-state index is 0.000238. The number of aromatic nitrogens is 1. The molecule has 1 saturated heterocycles. The first-order chi connectivity index (χ1) is 10.2. The SMILES string of the molecule is CCC(Cl)c1cc2cccc(C)c2nc1N1CCOCC1. The fourth-order valence-electron chi connectivity index (χ4n) is 2.83. The van der Waals surface area contributed by atoms with E-state index in [0.29, 0.717) is 0 Å². The Morgan fingerprint density at radius 2 is 2.10 bits per heavy atom. The van der Waals surface area contributed by atoms with Crippen molar-refractivity contribution in [2.45, 2.75) is 25.6 Å². The highest BCUT2D eigenvalue weighted by atomic mass is 35.5. The fraction of sp³-hybridized carbons (Fsp3) is 0.471. The molecular formula is C17H21ClN2O. The number of anilines is 1. The normalized spacial score (nSPS) is 17.2. The van der Waals surface area contributed by atoms with Crippen molar-refractivity contribution in [2.75, 3.05) is 31.2 Å². The summed E-state index contributed by atoms with van der Waals surface area (Å²) in [6.07, 6.45) is 0.901. The van der Waals surface area contributed by atoms with Crippen molar-refractivity contribution in [3.05, 3.63) is 35.4 Å². The van der Waals surface area contributed by atoms with E-state index in [9.17, 15) is 0 Å². The lowest BCUT2D eigenvalue weighted by Crippen LogP contribution is -2.37. The van der Waals surface area contributed by atoms with E-state index in [-0.39, 0.29) is 5.38 Å². The van der Waals surface area contributed by atoms with Gasteiger partial charge in [-0.05, 0) is 25.0 Å². The Morgan fingerprint density at radius 3 is 2.81 bits per heavy atom. The highest BCUT2D eigenvalue weighted by Crippen LogP contribution is 2.34. The molecule has 4 heteroatoms. The standard InChI is InChI=1S/C17H21ClN2O/c1-3-15(18)14-11-13-6-4-5-12(2)16(13)19-17(14)20-7-9-21-10-8-20/h4-6,11,15H,3,7-10H2,1-2H3. The van der Waals surface area contributed by atoms with E-state index in [4.69, 9.17) is 21.3 Å². The van der Waals surface area contributed by atoms with Gasteiger partial charge in [-0.25, -0.2) is 4.98 Å². The quantitative estimate of drug-likeness (QED) is 0.799. The smallest absolute Gasteiger partial charge is 0.134 e. The van der Waals surface area contributed by atoms with Crippen molar-refractivity contribution in [2.24, 2.45) is 0 Å². The summed E-state index contributed by atoms with van der Waals surface area (Å²) in [6, 6.07) is 8.51. The fourth-order valence-corrected chi connectivity index (χ4v) is 2.99. The van der Waals surface area contributed by atoms with Gasteiger partial charge < -0.3 is 9.64 Å². The summed E-state index contributed by atoms with van der Waals surface area (Å²) >= 11 is 6.56. The third-order valence-corrected chi connectivity index (χ3v) is 4.61. The molecule has 0 N–H and O–H groups in total. The minimum absolute atomic E-state index is 0.000238. The second kappa shape index (κ2) is 6.20. The predicted molar refractivity (Wildman–Crippen MR) is 88.4 cm³/mol. The van der Waals surface area contributed by atoms with E-state index in [0.717, 1.165) is 49.6 Å². The third-order valence-electron chi connectivity index (χ3n) is 4.06. The first kappa shape index (κ1) is 14.6. The summed E-state index contributed by atoms with van der Waals surface area (Å²) < 4.78 is 5.46. The summed E-state index contributed by atoms with van der Waals surface area (Å²) in [7, 11) is 0. The third kappa shape index (κ3) is 2.85. The number of aryl methyl sites for hydroxylation is 1. The predicted octanol–water partition coefficient (Wildman–Crippen LogP) is 4.07. The van der Waals surface area contributed by atoms with Gasteiger partial charge in [0, 0.05) is 24.0 Å². The zero-order chi connectivity index (χ0) is 14.8. The molecule has 2 aromatic rings. The molecule has 1 atom stereocenters. The zero-order valence-electron chi connectivity index (χ0n) is 12.6. The average molecular weight is 305 g/mol. The average Bonchev–Trinajstić information content (AvgIpc) is 2.54. The van der Waals surface area contributed by atoms with Gasteiger partial charge in [-0.2, -0.15) is 0 Å². The van der Waals surface area contributed by atoms with Gasteiger partial charge >= 0.3 is 0 Å². The summed E-state index contributed by atoms with van der Waals surface area (Å²) in [4.78, 5) is 7.25. The van der Waals surface area contributed by atoms with E-state index in [1.54, 1.807) is 0 Å². The summed E-state index contributed by atoms with van der Waals surface area (Å²) in [5.74, 6) is 1.03.